The molecule has 10 rings (SSSR count). The molecule has 6 aromatic carbocycles. The largest absolute Gasteiger partial charge is 0.361 e. The third-order valence-corrected chi connectivity index (χ3v) is 10.6. The molecule has 8 heteroatoms. The van der Waals surface area contributed by atoms with Crippen molar-refractivity contribution in [2.75, 3.05) is 4.90 Å². The van der Waals surface area contributed by atoms with Gasteiger partial charge in [0.15, 0.2) is 5.69 Å². The minimum atomic E-state index is -0.416. The van der Waals surface area contributed by atoms with Crippen LogP contribution in [0.5, 0.6) is 0 Å². The second-order valence-corrected chi connectivity index (χ2v) is 14.0. The average Bonchev–Trinajstić information content (AvgIpc) is 3.75. The molecular formula is C50H28N6O2. The zero-order chi connectivity index (χ0) is 39.3. The third-order valence-electron chi connectivity index (χ3n) is 10.6. The number of carbonyl (C=O) groups excluding carboxylic acids is 2. The van der Waals surface area contributed by atoms with Crippen LogP contribution in [0.2, 0.25) is 0 Å². The highest BCUT2D eigenvalue weighted by molar-refractivity contribution is 6.36. The minimum absolute atomic E-state index is 0.295. The number of aromatic nitrogens is 3. The Bertz CT molecular complexity index is 3080. The summed E-state index contributed by atoms with van der Waals surface area (Å²) in [5, 5.41) is 11.3. The standard InChI is InChI=1S/C50H28N6O2/c1-52-47-20-10-18-43(54-47)34-22-24-45-41(29-34)40-28-33(42-17-8-15-37(30-51)53-42)21-23-44(40)56(45)46-19-9-16-39-48(46)50(58)55(49(39)57)38-26-35(31-11-4-2-5-12-31)25-36(27-38)32-13-6-3-7-14-32/h2-29H. The first-order chi connectivity index (χ1) is 28.5. The molecule has 0 unspecified atom stereocenters. The van der Waals surface area contributed by atoms with Crippen LogP contribution in [0.3, 0.4) is 0 Å². The van der Waals surface area contributed by atoms with Crippen LogP contribution in [0.25, 0.3) is 77.1 Å². The summed E-state index contributed by atoms with van der Waals surface area (Å²) in [7, 11) is 0. The summed E-state index contributed by atoms with van der Waals surface area (Å²) in [5.41, 5.74) is 10.2. The van der Waals surface area contributed by atoms with E-state index in [0.717, 1.165) is 55.2 Å². The molecule has 9 aromatic rings. The number of hydrogen-bond donors (Lipinski definition) is 0. The number of imide groups is 1. The summed E-state index contributed by atoms with van der Waals surface area (Å²) in [6.07, 6.45) is 0. The van der Waals surface area contributed by atoms with Gasteiger partial charge in [0.1, 0.15) is 11.8 Å². The fraction of sp³-hybridized carbons (Fsp3) is 0. The van der Waals surface area contributed by atoms with Gasteiger partial charge in [-0.15, -0.1) is 4.98 Å². The maximum Gasteiger partial charge on any atom is 0.270 e. The summed E-state index contributed by atoms with van der Waals surface area (Å²) in [6.45, 7) is 7.51. The van der Waals surface area contributed by atoms with Crippen LogP contribution in [0.4, 0.5) is 11.5 Å². The van der Waals surface area contributed by atoms with Gasteiger partial charge < -0.3 is 9.41 Å². The molecule has 1 aliphatic rings. The average molecular weight is 745 g/mol. The van der Waals surface area contributed by atoms with Gasteiger partial charge in [-0.25, -0.2) is 9.88 Å². The van der Waals surface area contributed by atoms with Gasteiger partial charge in [0, 0.05) is 21.9 Å². The number of nitrogens with zero attached hydrogens (tertiary/aromatic N) is 6. The first-order valence-electron chi connectivity index (χ1n) is 18.6. The van der Waals surface area contributed by atoms with Crippen molar-refractivity contribution in [1.29, 1.82) is 5.26 Å². The van der Waals surface area contributed by atoms with E-state index in [1.54, 1.807) is 18.2 Å². The van der Waals surface area contributed by atoms with E-state index >= 15 is 0 Å². The molecule has 0 atom stereocenters. The van der Waals surface area contributed by atoms with Gasteiger partial charge in [-0.1, -0.05) is 91.5 Å². The normalized spacial score (nSPS) is 12.1. The van der Waals surface area contributed by atoms with Crippen LogP contribution in [0.1, 0.15) is 26.4 Å². The zero-order valence-electron chi connectivity index (χ0n) is 30.7. The molecule has 3 aromatic heterocycles. The topological polar surface area (TPSA) is 96.2 Å². The molecule has 0 bridgehead atoms. The predicted molar refractivity (Wildman–Crippen MR) is 227 cm³/mol. The molecule has 4 heterocycles. The smallest absolute Gasteiger partial charge is 0.270 e. The van der Waals surface area contributed by atoms with Gasteiger partial charge in [0.2, 0.25) is 0 Å². The highest BCUT2D eigenvalue weighted by atomic mass is 16.2. The van der Waals surface area contributed by atoms with E-state index in [1.165, 1.54) is 4.90 Å². The molecule has 0 fully saturated rings. The van der Waals surface area contributed by atoms with Crippen molar-refractivity contribution in [3.05, 3.63) is 198 Å². The van der Waals surface area contributed by atoms with Crippen molar-refractivity contribution >= 4 is 45.1 Å². The number of benzene rings is 6. The monoisotopic (exact) mass is 744 g/mol. The fourth-order valence-corrected chi connectivity index (χ4v) is 7.93. The van der Waals surface area contributed by atoms with E-state index in [1.807, 2.05) is 150 Å². The molecule has 1 aliphatic heterocycles. The lowest BCUT2D eigenvalue weighted by Crippen LogP contribution is -2.29. The Morgan fingerprint density at radius 3 is 1.72 bits per heavy atom. The van der Waals surface area contributed by atoms with Crippen LogP contribution in [-0.2, 0) is 0 Å². The number of pyridine rings is 2. The first-order valence-corrected chi connectivity index (χ1v) is 18.6. The number of anilines is 1. The van der Waals surface area contributed by atoms with Gasteiger partial charge in [-0.05, 0) is 107 Å². The van der Waals surface area contributed by atoms with Crippen LogP contribution < -0.4 is 4.90 Å². The van der Waals surface area contributed by atoms with Gasteiger partial charge in [0.05, 0.1) is 39.2 Å². The number of fused-ring (bicyclic) bond motifs is 4. The summed E-state index contributed by atoms with van der Waals surface area (Å²) in [4.78, 5) is 43.4. The lowest BCUT2D eigenvalue weighted by molar-refractivity contribution is 0.0926. The molecule has 2 amide bonds. The van der Waals surface area contributed by atoms with E-state index in [0.29, 0.717) is 45.4 Å². The van der Waals surface area contributed by atoms with E-state index in [9.17, 15) is 14.9 Å². The second-order valence-electron chi connectivity index (χ2n) is 14.0. The molecule has 0 spiro atoms. The van der Waals surface area contributed by atoms with Crippen molar-refractivity contribution in [2.45, 2.75) is 0 Å². The van der Waals surface area contributed by atoms with E-state index in [2.05, 4.69) is 26.9 Å². The van der Waals surface area contributed by atoms with E-state index in [4.69, 9.17) is 6.57 Å². The van der Waals surface area contributed by atoms with Crippen LogP contribution in [-0.4, -0.2) is 26.3 Å². The first kappa shape index (κ1) is 34.1. The lowest BCUT2D eigenvalue weighted by Gasteiger charge is -2.18. The van der Waals surface area contributed by atoms with E-state index < -0.39 is 11.8 Å². The molecule has 0 N–H and O–H groups in total. The van der Waals surface area contributed by atoms with Crippen molar-refractivity contribution in [3.63, 3.8) is 0 Å². The molecule has 8 nitrogen and oxygen atoms in total. The zero-order valence-corrected chi connectivity index (χ0v) is 30.7. The highest BCUT2D eigenvalue weighted by Gasteiger charge is 2.40. The molecule has 0 aliphatic carbocycles. The molecule has 270 valence electrons. The Morgan fingerprint density at radius 2 is 1.12 bits per heavy atom. The number of carbonyl (C=O) groups is 2. The van der Waals surface area contributed by atoms with Gasteiger partial charge in [0.25, 0.3) is 17.6 Å². The molecule has 58 heavy (non-hydrogen) atoms. The van der Waals surface area contributed by atoms with Crippen molar-refractivity contribution in [3.8, 4) is 56.5 Å². The Labute approximate surface area is 333 Å². The number of nitriles is 1. The second kappa shape index (κ2) is 13.7. The van der Waals surface area contributed by atoms with Crippen molar-refractivity contribution in [2.24, 2.45) is 0 Å². The number of hydrogen-bond acceptors (Lipinski definition) is 5. The van der Waals surface area contributed by atoms with Crippen molar-refractivity contribution < 1.29 is 9.59 Å². The third kappa shape index (κ3) is 5.61. The Kier molecular flexibility index (Phi) is 8.04. The van der Waals surface area contributed by atoms with Crippen LogP contribution >= 0.6 is 0 Å². The Hall–Kier alpha value is -8.46. The minimum Gasteiger partial charge on any atom is -0.361 e. The lowest BCUT2D eigenvalue weighted by atomic mass is 9.97. The van der Waals surface area contributed by atoms with Gasteiger partial charge in [-0.3, -0.25) is 9.59 Å². The maximum absolute atomic E-state index is 14.9. The SMILES string of the molecule is [C-]#[N+]c1cccc(-c2ccc3c(c2)c2cc(-c4cccc(C#N)n4)ccc2n3-c2cccc3c2C(=O)N(c2cc(-c4ccccc4)cc(-c4ccccc4)c2)C3=O)n1. The summed E-state index contributed by atoms with van der Waals surface area (Å²) >= 11 is 0. The number of rotatable bonds is 6. The highest BCUT2D eigenvalue weighted by Crippen LogP contribution is 2.41. The number of amides is 2. The fourth-order valence-electron chi connectivity index (χ4n) is 7.93. The molecule has 0 saturated heterocycles. The van der Waals surface area contributed by atoms with Gasteiger partial charge in [-0.2, -0.15) is 5.26 Å². The Balaban J connectivity index is 1.17. The Morgan fingerprint density at radius 1 is 0.534 bits per heavy atom. The van der Waals surface area contributed by atoms with Crippen molar-refractivity contribution in [1.82, 2.24) is 14.5 Å². The summed E-state index contributed by atoms with van der Waals surface area (Å²) < 4.78 is 2.03. The molecule has 0 radical (unpaired) electrons. The quantitative estimate of drug-likeness (QED) is 0.125. The van der Waals surface area contributed by atoms with Crippen LogP contribution in [0, 0.1) is 17.9 Å². The molecule has 0 saturated carbocycles. The predicted octanol–water partition coefficient (Wildman–Crippen LogP) is 11.5. The van der Waals surface area contributed by atoms with Crippen LogP contribution in [0.15, 0.2) is 170 Å². The maximum atomic E-state index is 14.9. The summed E-state index contributed by atoms with van der Waals surface area (Å²) in [6, 6.07) is 55.9. The van der Waals surface area contributed by atoms with E-state index in [-0.39, 0.29) is 0 Å². The summed E-state index contributed by atoms with van der Waals surface area (Å²) in [5.74, 6) is -0.519. The van der Waals surface area contributed by atoms with Gasteiger partial charge >= 0.3 is 0 Å². The molecular weight excluding hydrogens is 717 g/mol.